The molecule has 2 aliphatic rings. The maximum absolute atomic E-state index is 12.5. The largest absolute Gasteiger partial charge is 0.489 e. The average Bonchev–Trinajstić information content (AvgIpc) is 3.24. The van der Waals surface area contributed by atoms with E-state index in [9.17, 15) is 4.79 Å². The topological polar surface area (TPSA) is 78.1 Å². The van der Waals surface area contributed by atoms with Crippen molar-refractivity contribution in [1.29, 1.82) is 5.41 Å². The van der Waals surface area contributed by atoms with Crippen LogP contribution in [0.2, 0.25) is 0 Å². The lowest BCUT2D eigenvalue weighted by atomic mass is 10.1. The number of ether oxygens (including phenoxy) is 1. The Balaban J connectivity index is 1.32. The molecule has 0 saturated heterocycles. The van der Waals surface area contributed by atoms with Crippen LogP contribution in [-0.4, -0.2) is 27.0 Å². The number of hydrazone groups is 1. The van der Waals surface area contributed by atoms with Gasteiger partial charge in [-0.25, -0.2) is 0 Å². The lowest BCUT2D eigenvalue weighted by Crippen LogP contribution is -2.35. The van der Waals surface area contributed by atoms with Gasteiger partial charge >= 0.3 is 0 Å². The van der Waals surface area contributed by atoms with Gasteiger partial charge in [-0.05, 0) is 58.3 Å². The van der Waals surface area contributed by atoms with Crippen LogP contribution in [0.4, 0.5) is 0 Å². The summed E-state index contributed by atoms with van der Waals surface area (Å²) < 4.78 is 5.99. The number of nitrogens with one attached hydrogen (secondary N) is 1. The Bertz CT molecular complexity index is 1320. The zero-order chi connectivity index (χ0) is 22.1. The fraction of sp³-hybridized carbons (Fsp3) is 0.120. The van der Waals surface area contributed by atoms with Gasteiger partial charge in [0.25, 0.3) is 5.91 Å². The number of fused-ring (bicyclic) bond motifs is 2. The van der Waals surface area contributed by atoms with Gasteiger partial charge in [-0.2, -0.15) is 15.1 Å². The summed E-state index contributed by atoms with van der Waals surface area (Å²) in [7, 11) is 0. The minimum atomic E-state index is -0.419. The van der Waals surface area contributed by atoms with E-state index in [0.717, 1.165) is 28.3 Å². The first-order valence-electron chi connectivity index (χ1n) is 10.3. The summed E-state index contributed by atoms with van der Waals surface area (Å²) in [4.78, 5) is 16.6. The Hall–Kier alpha value is -3.71. The van der Waals surface area contributed by atoms with E-state index in [-0.39, 0.29) is 11.4 Å². The maximum atomic E-state index is 12.5. The molecule has 0 unspecified atom stereocenters. The molecule has 0 aromatic heterocycles. The minimum Gasteiger partial charge on any atom is -0.489 e. The van der Waals surface area contributed by atoms with Crippen LogP contribution >= 0.6 is 11.8 Å². The molecule has 1 N–H and O–H groups in total. The average molecular weight is 441 g/mol. The zero-order valence-electron chi connectivity index (χ0n) is 17.4. The van der Waals surface area contributed by atoms with E-state index in [2.05, 4.69) is 34.4 Å². The van der Waals surface area contributed by atoms with E-state index in [4.69, 9.17) is 10.1 Å². The smallest absolute Gasteiger partial charge is 0.283 e. The van der Waals surface area contributed by atoms with E-state index in [1.54, 1.807) is 6.08 Å². The molecule has 0 saturated carbocycles. The number of hydrogen-bond donors (Lipinski definition) is 1. The molecule has 0 atom stereocenters. The molecule has 5 rings (SSSR count). The lowest BCUT2D eigenvalue weighted by molar-refractivity contribution is -0.114. The number of nitrogens with zero attached hydrogens (tertiary/aromatic N) is 3. The van der Waals surface area contributed by atoms with Gasteiger partial charge in [-0.3, -0.25) is 10.2 Å². The molecule has 0 radical (unpaired) electrons. The van der Waals surface area contributed by atoms with Crippen LogP contribution in [0.25, 0.3) is 16.8 Å². The van der Waals surface area contributed by atoms with Crippen molar-refractivity contribution in [3.63, 3.8) is 0 Å². The predicted molar refractivity (Wildman–Crippen MR) is 130 cm³/mol. The zero-order valence-corrected chi connectivity index (χ0v) is 18.2. The summed E-state index contributed by atoms with van der Waals surface area (Å²) in [6.07, 6.45) is 2.41. The number of rotatable bonds is 5. The standard InChI is InChI=1S/C25H20N4O2S/c1-2-22-28-29-23(26)21(24(30)27-25(29)32-22)14-16-10-12-19(13-11-16)31-15-18-8-5-7-17-6-3-4-9-20(17)18/h3-14,26H,2,15H2,1H3/b21-14-,26-23?. The van der Waals surface area contributed by atoms with E-state index in [1.807, 2.05) is 49.4 Å². The molecule has 0 bridgehead atoms. The quantitative estimate of drug-likeness (QED) is 0.535. The molecule has 0 fully saturated rings. The normalized spacial score (nSPS) is 16.9. The molecule has 158 valence electrons. The van der Waals surface area contributed by atoms with Crippen LogP contribution < -0.4 is 4.74 Å². The second-order valence-corrected chi connectivity index (χ2v) is 8.40. The van der Waals surface area contributed by atoms with E-state index in [1.165, 1.54) is 27.5 Å². The van der Waals surface area contributed by atoms with Gasteiger partial charge in [0, 0.05) is 0 Å². The van der Waals surface area contributed by atoms with E-state index < -0.39 is 5.91 Å². The Labute approximate surface area is 189 Å². The molecule has 1 amide bonds. The van der Waals surface area contributed by atoms with Gasteiger partial charge in [-0.15, -0.1) is 0 Å². The van der Waals surface area contributed by atoms with Crippen LogP contribution in [-0.2, 0) is 11.4 Å². The Morgan fingerprint density at radius 3 is 2.66 bits per heavy atom. The molecule has 32 heavy (non-hydrogen) atoms. The first-order chi connectivity index (χ1) is 15.6. The Morgan fingerprint density at radius 2 is 1.84 bits per heavy atom. The predicted octanol–water partition coefficient (Wildman–Crippen LogP) is 5.45. The monoisotopic (exact) mass is 440 g/mol. The van der Waals surface area contributed by atoms with Crippen molar-refractivity contribution in [3.05, 3.63) is 83.4 Å². The van der Waals surface area contributed by atoms with Crippen molar-refractivity contribution >= 4 is 50.6 Å². The third kappa shape index (κ3) is 3.83. The highest BCUT2D eigenvalue weighted by molar-refractivity contribution is 8.26. The van der Waals surface area contributed by atoms with Crippen molar-refractivity contribution in [2.24, 2.45) is 10.1 Å². The number of amidine groups is 2. The first kappa shape index (κ1) is 20.2. The molecule has 6 nitrogen and oxygen atoms in total. The fourth-order valence-corrected chi connectivity index (χ4v) is 4.41. The summed E-state index contributed by atoms with van der Waals surface area (Å²) in [5.41, 5.74) is 2.14. The van der Waals surface area contributed by atoms with Gasteiger partial charge in [0.1, 0.15) is 17.4 Å². The summed E-state index contributed by atoms with van der Waals surface area (Å²) >= 11 is 1.34. The van der Waals surface area contributed by atoms with Crippen molar-refractivity contribution < 1.29 is 9.53 Å². The SMILES string of the molecule is CCC1=NN2C(=N)/C(=C/c3ccc(OCc4cccc5ccccc45)cc3)C(=O)N=C2S1. The van der Waals surface area contributed by atoms with Gasteiger partial charge in [0.2, 0.25) is 5.17 Å². The molecular weight excluding hydrogens is 420 g/mol. The number of hydrogen-bond acceptors (Lipinski definition) is 5. The third-order valence-electron chi connectivity index (χ3n) is 5.26. The van der Waals surface area contributed by atoms with Crippen molar-refractivity contribution in [1.82, 2.24) is 5.01 Å². The highest BCUT2D eigenvalue weighted by Crippen LogP contribution is 2.29. The van der Waals surface area contributed by atoms with Gasteiger partial charge in [-0.1, -0.05) is 61.5 Å². The number of thioether (sulfide) groups is 1. The summed E-state index contributed by atoms with van der Waals surface area (Å²) in [5.74, 6) is 0.364. The lowest BCUT2D eigenvalue weighted by Gasteiger charge is -2.20. The van der Waals surface area contributed by atoms with E-state index in [0.29, 0.717) is 11.8 Å². The van der Waals surface area contributed by atoms with Crippen LogP contribution in [0.3, 0.4) is 0 Å². The van der Waals surface area contributed by atoms with Gasteiger partial charge in [0.15, 0.2) is 5.84 Å². The molecular formula is C25H20N4O2S. The molecule has 2 aliphatic heterocycles. The van der Waals surface area contributed by atoms with Gasteiger partial charge < -0.3 is 4.74 Å². The highest BCUT2D eigenvalue weighted by Gasteiger charge is 2.34. The number of aliphatic imine (C=N–C) groups is 1. The summed E-state index contributed by atoms with van der Waals surface area (Å²) in [6, 6.07) is 21.9. The number of carbonyl (C=O) groups is 1. The minimum absolute atomic E-state index is 0.0484. The number of carbonyl (C=O) groups excluding carboxylic acids is 1. The molecule has 3 aromatic rings. The highest BCUT2D eigenvalue weighted by atomic mass is 32.2. The van der Waals surface area contributed by atoms with Crippen molar-refractivity contribution in [2.45, 2.75) is 20.0 Å². The van der Waals surface area contributed by atoms with Crippen LogP contribution in [0.5, 0.6) is 5.75 Å². The molecule has 2 heterocycles. The van der Waals surface area contributed by atoms with E-state index >= 15 is 0 Å². The Kier molecular flexibility index (Phi) is 5.33. The number of benzene rings is 3. The maximum Gasteiger partial charge on any atom is 0.283 e. The first-order valence-corrected chi connectivity index (χ1v) is 11.1. The van der Waals surface area contributed by atoms with Gasteiger partial charge in [0.05, 0.1) is 5.57 Å². The molecule has 0 aliphatic carbocycles. The summed E-state index contributed by atoms with van der Waals surface area (Å²) in [5, 5.41) is 17.9. The third-order valence-corrected chi connectivity index (χ3v) is 6.32. The fourth-order valence-electron chi connectivity index (χ4n) is 3.58. The second kappa shape index (κ2) is 8.43. The Morgan fingerprint density at radius 1 is 1.06 bits per heavy atom. The number of amides is 1. The second-order valence-electron chi connectivity index (χ2n) is 7.36. The van der Waals surface area contributed by atoms with Crippen molar-refractivity contribution in [2.75, 3.05) is 0 Å². The van der Waals surface area contributed by atoms with Crippen LogP contribution in [0.15, 0.2) is 82.4 Å². The molecule has 3 aromatic carbocycles. The molecule has 7 heteroatoms. The van der Waals surface area contributed by atoms with Crippen molar-refractivity contribution in [3.8, 4) is 5.75 Å². The molecule has 0 spiro atoms. The van der Waals surface area contributed by atoms with Crippen LogP contribution in [0, 0.1) is 5.41 Å². The summed E-state index contributed by atoms with van der Waals surface area (Å²) in [6.45, 7) is 2.45. The van der Waals surface area contributed by atoms with Crippen LogP contribution in [0.1, 0.15) is 24.5 Å².